The largest absolute Gasteiger partial charge is 0.495 e. The topological polar surface area (TPSA) is 78.9 Å². The summed E-state index contributed by atoms with van der Waals surface area (Å²) in [6.07, 6.45) is 2.22. The first-order valence-electron chi connectivity index (χ1n) is 7.02. The molecule has 2 N–H and O–H groups in total. The van der Waals surface area contributed by atoms with Crippen molar-refractivity contribution in [3.63, 3.8) is 0 Å². The third-order valence-corrected chi connectivity index (χ3v) is 3.65. The van der Waals surface area contributed by atoms with Gasteiger partial charge in [-0.1, -0.05) is 12.1 Å². The molecule has 6 nitrogen and oxygen atoms in total. The van der Waals surface area contributed by atoms with Gasteiger partial charge in [-0.25, -0.2) is 4.79 Å². The van der Waals surface area contributed by atoms with Crippen LogP contribution in [0.4, 0.5) is 5.69 Å². The molecule has 1 amide bonds. The minimum Gasteiger partial charge on any atom is -0.495 e. The third kappa shape index (κ3) is 3.65. The van der Waals surface area contributed by atoms with Crippen LogP contribution < -0.4 is 10.1 Å². The summed E-state index contributed by atoms with van der Waals surface area (Å²) >= 11 is 0. The molecule has 1 unspecified atom stereocenters. The fourth-order valence-corrected chi connectivity index (χ4v) is 2.55. The first-order valence-corrected chi connectivity index (χ1v) is 7.02. The minimum atomic E-state index is -0.930. The minimum absolute atomic E-state index is 0.0597. The van der Waals surface area contributed by atoms with Crippen molar-refractivity contribution in [1.29, 1.82) is 0 Å². The number of piperidine rings is 1. The van der Waals surface area contributed by atoms with Gasteiger partial charge in [-0.15, -0.1) is 0 Å². The number of rotatable bonds is 5. The van der Waals surface area contributed by atoms with Crippen LogP contribution in [0.1, 0.15) is 19.3 Å². The number of methoxy groups -OCH3 is 1. The summed E-state index contributed by atoms with van der Waals surface area (Å²) < 4.78 is 5.20. The number of hydrogen-bond acceptors (Lipinski definition) is 4. The molecule has 1 aromatic rings. The summed E-state index contributed by atoms with van der Waals surface area (Å²) in [6, 6.07) is 6.60. The Morgan fingerprint density at radius 2 is 2.14 bits per heavy atom. The number of hydrogen-bond donors (Lipinski definition) is 2. The van der Waals surface area contributed by atoms with Crippen LogP contribution in [0.5, 0.6) is 5.75 Å². The Morgan fingerprint density at radius 1 is 1.38 bits per heavy atom. The van der Waals surface area contributed by atoms with E-state index in [1.165, 1.54) is 4.90 Å². The molecule has 0 saturated carbocycles. The zero-order valence-corrected chi connectivity index (χ0v) is 12.0. The van der Waals surface area contributed by atoms with Crippen molar-refractivity contribution in [2.75, 3.05) is 25.5 Å². The van der Waals surface area contributed by atoms with E-state index in [1.807, 2.05) is 18.2 Å². The van der Waals surface area contributed by atoms with E-state index in [-0.39, 0.29) is 12.5 Å². The monoisotopic (exact) mass is 292 g/mol. The Kier molecular flexibility index (Phi) is 5.03. The Morgan fingerprint density at radius 3 is 2.86 bits per heavy atom. The molecule has 1 atom stereocenters. The number of carbonyl (C=O) groups is 2. The number of nitrogens with zero attached hydrogens (tertiary/aromatic N) is 1. The highest BCUT2D eigenvalue weighted by Crippen LogP contribution is 2.23. The molecule has 1 saturated heterocycles. The molecular weight excluding hydrogens is 272 g/mol. The summed E-state index contributed by atoms with van der Waals surface area (Å²) in [4.78, 5) is 24.9. The predicted octanol–water partition coefficient (Wildman–Crippen LogP) is 1.57. The number of aliphatic carboxylic acids is 1. The van der Waals surface area contributed by atoms with Crippen LogP contribution >= 0.6 is 0 Å². The van der Waals surface area contributed by atoms with Crippen molar-refractivity contribution in [1.82, 2.24) is 4.90 Å². The second kappa shape index (κ2) is 6.97. The summed E-state index contributed by atoms with van der Waals surface area (Å²) in [5, 5.41) is 12.2. The molecule has 0 aromatic heterocycles. The van der Waals surface area contributed by atoms with Crippen LogP contribution in [0.15, 0.2) is 24.3 Å². The van der Waals surface area contributed by atoms with Crippen LogP contribution in [-0.4, -0.2) is 48.1 Å². The molecule has 0 spiro atoms. The van der Waals surface area contributed by atoms with E-state index in [1.54, 1.807) is 13.2 Å². The fourth-order valence-electron chi connectivity index (χ4n) is 2.55. The van der Waals surface area contributed by atoms with Gasteiger partial charge in [-0.3, -0.25) is 4.79 Å². The first kappa shape index (κ1) is 15.2. The summed E-state index contributed by atoms with van der Waals surface area (Å²) in [5.41, 5.74) is 0.720. The Hall–Kier alpha value is -2.24. The highest BCUT2D eigenvalue weighted by atomic mass is 16.5. The number of nitrogens with one attached hydrogen (secondary N) is 1. The summed E-state index contributed by atoms with van der Waals surface area (Å²) in [6.45, 7) is 0.563. The predicted molar refractivity (Wildman–Crippen MR) is 78.5 cm³/mol. The number of likely N-dealkylation sites (tertiary alicyclic amines) is 1. The number of carbonyl (C=O) groups excluding carboxylic acids is 1. The summed E-state index contributed by atoms with van der Waals surface area (Å²) in [5.74, 6) is -0.480. The number of carboxylic acid groups (broad SMARTS) is 1. The van der Waals surface area contributed by atoms with E-state index in [0.29, 0.717) is 18.7 Å². The van der Waals surface area contributed by atoms with Crippen LogP contribution in [0.25, 0.3) is 0 Å². The van der Waals surface area contributed by atoms with Gasteiger partial charge in [0.15, 0.2) is 0 Å². The van der Waals surface area contributed by atoms with E-state index >= 15 is 0 Å². The molecular formula is C15H20N2O4. The lowest BCUT2D eigenvalue weighted by molar-refractivity contribution is -0.151. The van der Waals surface area contributed by atoms with Crippen molar-refractivity contribution in [3.05, 3.63) is 24.3 Å². The number of carboxylic acids is 1. The maximum atomic E-state index is 12.2. The van der Waals surface area contributed by atoms with Crippen molar-refractivity contribution >= 4 is 17.6 Å². The number of amides is 1. The maximum absolute atomic E-state index is 12.2. The lowest BCUT2D eigenvalue weighted by Crippen LogP contribution is -2.49. The van der Waals surface area contributed by atoms with Crippen LogP contribution in [0.3, 0.4) is 0 Å². The van der Waals surface area contributed by atoms with Gasteiger partial charge in [-0.05, 0) is 31.4 Å². The average molecular weight is 292 g/mol. The highest BCUT2D eigenvalue weighted by molar-refractivity contribution is 5.86. The Bertz CT molecular complexity index is 518. The number of anilines is 1. The van der Waals surface area contributed by atoms with E-state index in [4.69, 9.17) is 4.74 Å². The van der Waals surface area contributed by atoms with Gasteiger partial charge in [0.25, 0.3) is 0 Å². The third-order valence-electron chi connectivity index (χ3n) is 3.65. The molecule has 1 aromatic carbocycles. The second-order valence-corrected chi connectivity index (χ2v) is 4.99. The number of ether oxygens (including phenoxy) is 1. The summed E-state index contributed by atoms with van der Waals surface area (Å²) in [7, 11) is 1.56. The molecule has 0 aliphatic carbocycles. The van der Waals surface area contributed by atoms with E-state index in [2.05, 4.69) is 5.32 Å². The van der Waals surface area contributed by atoms with Crippen molar-refractivity contribution in [2.45, 2.75) is 25.3 Å². The highest BCUT2D eigenvalue weighted by Gasteiger charge is 2.31. The van der Waals surface area contributed by atoms with Crippen molar-refractivity contribution in [2.24, 2.45) is 0 Å². The van der Waals surface area contributed by atoms with Gasteiger partial charge in [0.1, 0.15) is 11.8 Å². The standard InChI is InChI=1S/C15H20N2O4/c1-21-13-8-3-2-6-11(13)16-10-14(18)17-9-5-4-7-12(17)15(19)20/h2-3,6,8,12,16H,4-5,7,9-10H2,1H3,(H,19,20). The normalized spacial score (nSPS) is 18.1. The average Bonchev–Trinajstić information content (AvgIpc) is 2.52. The van der Waals surface area contributed by atoms with E-state index < -0.39 is 12.0 Å². The zero-order valence-electron chi connectivity index (χ0n) is 12.0. The molecule has 2 rings (SSSR count). The lowest BCUT2D eigenvalue weighted by Gasteiger charge is -2.33. The molecule has 0 bridgehead atoms. The van der Waals surface area contributed by atoms with Crippen molar-refractivity contribution in [3.8, 4) is 5.75 Å². The molecule has 6 heteroatoms. The van der Waals surface area contributed by atoms with Crippen LogP contribution in [-0.2, 0) is 9.59 Å². The Balaban J connectivity index is 1.99. The smallest absolute Gasteiger partial charge is 0.326 e. The molecule has 1 heterocycles. The van der Waals surface area contributed by atoms with Crippen LogP contribution in [0.2, 0.25) is 0 Å². The molecule has 114 valence electrons. The van der Waals surface area contributed by atoms with Gasteiger partial charge < -0.3 is 20.1 Å². The number of para-hydroxylation sites is 2. The number of benzene rings is 1. The maximum Gasteiger partial charge on any atom is 0.326 e. The Labute approximate surface area is 123 Å². The zero-order chi connectivity index (χ0) is 15.2. The molecule has 0 radical (unpaired) electrons. The molecule has 1 aliphatic heterocycles. The lowest BCUT2D eigenvalue weighted by atomic mass is 10.0. The second-order valence-electron chi connectivity index (χ2n) is 4.99. The van der Waals surface area contributed by atoms with Gasteiger partial charge in [0, 0.05) is 6.54 Å². The van der Waals surface area contributed by atoms with Gasteiger partial charge >= 0.3 is 5.97 Å². The molecule has 1 aliphatic rings. The van der Waals surface area contributed by atoms with Gasteiger partial charge in [-0.2, -0.15) is 0 Å². The van der Waals surface area contributed by atoms with Crippen molar-refractivity contribution < 1.29 is 19.4 Å². The van der Waals surface area contributed by atoms with E-state index in [9.17, 15) is 14.7 Å². The fraction of sp³-hybridized carbons (Fsp3) is 0.467. The quantitative estimate of drug-likeness (QED) is 0.861. The molecule has 1 fully saturated rings. The van der Waals surface area contributed by atoms with Crippen LogP contribution in [0, 0.1) is 0 Å². The van der Waals surface area contributed by atoms with Gasteiger partial charge in [0.2, 0.25) is 5.91 Å². The molecule has 21 heavy (non-hydrogen) atoms. The first-order chi connectivity index (χ1) is 10.1. The van der Waals surface area contributed by atoms with E-state index in [0.717, 1.165) is 18.5 Å². The SMILES string of the molecule is COc1ccccc1NCC(=O)N1CCCCC1C(=O)O. The van der Waals surface area contributed by atoms with Gasteiger partial charge in [0.05, 0.1) is 19.3 Å².